The minimum Gasteiger partial charge on any atom is -0.397 e. The Morgan fingerprint density at radius 2 is 2.04 bits per heavy atom. The SMILES string of the molecule is C[C@H](NC(=O)c1sc2nc3c(cc2c1N)N1CCC3CC1)c1ccccc1. The molecule has 1 amide bonds. The molecule has 1 atom stereocenters. The van der Waals surface area contributed by atoms with Crippen molar-refractivity contribution in [3.8, 4) is 0 Å². The highest BCUT2D eigenvalue weighted by Crippen LogP contribution is 2.45. The number of nitrogens with two attached hydrogens (primary N) is 1. The van der Waals surface area contributed by atoms with Crippen LogP contribution in [0.25, 0.3) is 10.2 Å². The molecule has 3 aliphatic rings. The smallest absolute Gasteiger partial charge is 0.264 e. The number of nitrogens with one attached hydrogen (secondary N) is 1. The quantitative estimate of drug-likeness (QED) is 0.721. The third kappa shape index (κ3) is 2.67. The molecule has 6 heteroatoms. The molecule has 0 aliphatic carbocycles. The van der Waals surface area contributed by atoms with Crippen molar-refractivity contribution in [3.63, 3.8) is 0 Å². The highest BCUT2D eigenvalue weighted by atomic mass is 32.1. The first-order chi connectivity index (χ1) is 13.1. The number of hydrogen-bond donors (Lipinski definition) is 2. The summed E-state index contributed by atoms with van der Waals surface area (Å²) < 4.78 is 0. The Balaban J connectivity index is 1.49. The predicted molar refractivity (Wildman–Crippen MR) is 111 cm³/mol. The van der Waals surface area contributed by atoms with Crippen LogP contribution in [-0.4, -0.2) is 24.0 Å². The molecule has 0 unspecified atom stereocenters. The molecule has 2 bridgehead atoms. The van der Waals surface area contributed by atoms with Crippen LogP contribution in [0.15, 0.2) is 36.4 Å². The van der Waals surface area contributed by atoms with E-state index in [4.69, 9.17) is 10.7 Å². The van der Waals surface area contributed by atoms with E-state index >= 15 is 0 Å². The van der Waals surface area contributed by atoms with Gasteiger partial charge in [-0.05, 0) is 31.4 Å². The van der Waals surface area contributed by atoms with Crippen molar-refractivity contribution in [1.29, 1.82) is 0 Å². The minimum atomic E-state index is -0.131. The van der Waals surface area contributed by atoms with Crippen molar-refractivity contribution in [1.82, 2.24) is 10.3 Å². The van der Waals surface area contributed by atoms with Gasteiger partial charge in [-0.15, -0.1) is 11.3 Å². The monoisotopic (exact) mass is 378 g/mol. The fourth-order valence-corrected chi connectivity index (χ4v) is 5.24. The summed E-state index contributed by atoms with van der Waals surface area (Å²) in [5.74, 6) is 0.418. The van der Waals surface area contributed by atoms with E-state index in [2.05, 4.69) is 16.3 Å². The summed E-state index contributed by atoms with van der Waals surface area (Å²) in [5.41, 5.74) is 10.4. The molecule has 0 saturated carbocycles. The van der Waals surface area contributed by atoms with Crippen molar-refractivity contribution >= 4 is 38.8 Å². The summed E-state index contributed by atoms with van der Waals surface area (Å²) in [6.45, 7) is 4.17. The number of carbonyl (C=O) groups excluding carboxylic acids is 1. The van der Waals surface area contributed by atoms with Gasteiger partial charge in [0.15, 0.2) is 0 Å². The molecule has 3 aliphatic heterocycles. The second kappa shape index (κ2) is 6.23. The van der Waals surface area contributed by atoms with E-state index in [1.807, 2.05) is 37.3 Å². The molecule has 0 spiro atoms. The summed E-state index contributed by atoms with van der Waals surface area (Å²) in [6, 6.07) is 12.0. The predicted octanol–water partition coefficient (Wildman–Crippen LogP) is 4.07. The first-order valence-electron chi connectivity index (χ1n) is 9.45. The molecular formula is C21H22N4OS. The lowest BCUT2D eigenvalue weighted by Crippen LogP contribution is -2.39. The zero-order chi connectivity index (χ0) is 18.5. The van der Waals surface area contributed by atoms with Gasteiger partial charge in [-0.25, -0.2) is 4.98 Å². The van der Waals surface area contributed by atoms with Gasteiger partial charge >= 0.3 is 0 Å². The fraction of sp³-hybridized carbons (Fsp3) is 0.333. The standard InChI is InChI=1S/C21H22N4OS/c1-12(13-5-3-2-4-6-13)23-20(26)19-17(22)15-11-16-18(24-21(15)27-19)14-7-9-25(16)10-8-14/h2-6,11-12,14H,7-10,22H2,1H3,(H,23,26)/t12-/m0/s1. The number of fused-ring (bicyclic) bond motifs is 3. The van der Waals surface area contributed by atoms with Crippen molar-refractivity contribution < 1.29 is 4.79 Å². The molecule has 2 aromatic heterocycles. The Bertz CT molecular complexity index is 1020. The van der Waals surface area contributed by atoms with Gasteiger partial charge in [0, 0.05) is 24.4 Å². The number of nitrogens with zero attached hydrogens (tertiary/aromatic N) is 2. The van der Waals surface area contributed by atoms with Crippen LogP contribution in [0.2, 0.25) is 0 Å². The lowest BCUT2D eigenvalue weighted by molar-refractivity contribution is 0.0945. The third-order valence-electron chi connectivity index (χ3n) is 5.81. The summed E-state index contributed by atoms with van der Waals surface area (Å²) in [4.78, 5) is 21.6. The van der Waals surface area contributed by atoms with Gasteiger partial charge in [-0.3, -0.25) is 4.79 Å². The average Bonchev–Trinajstić information content (AvgIpc) is 3.04. The van der Waals surface area contributed by atoms with Crippen molar-refractivity contribution in [3.05, 3.63) is 52.5 Å². The first kappa shape index (κ1) is 16.6. The second-order valence-electron chi connectivity index (χ2n) is 7.46. The maximum absolute atomic E-state index is 12.9. The summed E-state index contributed by atoms with van der Waals surface area (Å²) in [7, 11) is 0. The van der Waals surface area contributed by atoms with E-state index in [9.17, 15) is 4.79 Å². The Labute approximate surface area is 162 Å². The Kier molecular flexibility index (Phi) is 3.82. The Morgan fingerprint density at radius 3 is 2.78 bits per heavy atom. The number of amides is 1. The third-order valence-corrected chi connectivity index (χ3v) is 6.92. The normalized spacial score (nSPS) is 17.1. The van der Waals surface area contributed by atoms with Gasteiger partial charge < -0.3 is 16.0 Å². The number of rotatable bonds is 3. The van der Waals surface area contributed by atoms with Crippen LogP contribution in [0.4, 0.5) is 11.4 Å². The van der Waals surface area contributed by atoms with E-state index < -0.39 is 0 Å². The number of hydrogen-bond acceptors (Lipinski definition) is 5. The van der Waals surface area contributed by atoms with Crippen LogP contribution in [0.3, 0.4) is 0 Å². The number of aromatic nitrogens is 1. The number of nitrogen functional groups attached to an aromatic ring is 1. The van der Waals surface area contributed by atoms with E-state index in [-0.39, 0.29) is 11.9 Å². The molecule has 1 fully saturated rings. The van der Waals surface area contributed by atoms with Crippen molar-refractivity contribution in [2.75, 3.05) is 23.7 Å². The maximum Gasteiger partial charge on any atom is 0.264 e. The number of pyridine rings is 1. The van der Waals surface area contributed by atoms with Crippen LogP contribution in [0, 0.1) is 0 Å². The molecule has 27 heavy (non-hydrogen) atoms. The van der Waals surface area contributed by atoms with Gasteiger partial charge in [0.1, 0.15) is 9.71 Å². The van der Waals surface area contributed by atoms with E-state index in [0.29, 0.717) is 16.5 Å². The molecule has 1 aromatic carbocycles. The maximum atomic E-state index is 12.9. The molecule has 138 valence electrons. The van der Waals surface area contributed by atoms with Gasteiger partial charge in [0.2, 0.25) is 0 Å². The van der Waals surface area contributed by atoms with Crippen molar-refractivity contribution in [2.24, 2.45) is 0 Å². The topological polar surface area (TPSA) is 71.2 Å². The fourth-order valence-electron chi connectivity index (χ4n) is 4.25. The Hall–Kier alpha value is -2.60. The molecule has 3 N–H and O–H groups in total. The Morgan fingerprint density at radius 1 is 1.30 bits per heavy atom. The molecule has 3 aromatic rings. The van der Waals surface area contributed by atoms with Gasteiger partial charge in [-0.1, -0.05) is 30.3 Å². The lowest BCUT2D eigenvalue weighted by atomic mass is 9.86. The summed E-state index contributed by atoms with van der Waals surface area (Å²) >= 11 is 1.40. The summed E-state index contributed by atoms with van der Waals surface area (Å²) in [5, 5.41) is 3.97. The number of piperidine rings is 1. The zero-order valence-electron chi connectivity index (χ0n) is 15.2. The molecule has 0 radical (unpaired) electrons. The van der Waals surface area contributed by atoms with E-state index in [1.165, 1.54) is 35.6 Å². The lowest BCUT2D eigenvalue weighted by Gasteiger charge is -2.41. The molecule has 5 heterocycles. The van der Waals surface area contributed by atoms with Gasteiger partial charge in [0.25, 0.3) is 5.91 Å². The van der Waals surface area contributed by atoms with E-state index in [0.717, 1.165) is 28.9 Å². The number of benzene rings is 1. The number of thiophene rings is 1. The highest BCUT2D eigenvalue weighted by molar-refractivity contribution is 7.21. The van der Waals surface area contributed by atoms with Gasteiger partial charge in [-0.2, -0.15) is 0 Å². The van der Waals surface area contributed by atoms with Gasteiger partial charge in [0.05, 0.1) is 23.1 Å². The minimum absolute atomic E-state index is 0.0774. The molecular weight excluding hydrogens is 356 g/mol. The largest absolute Gasteiger partial charge is 0.397 e. The van der Waals surface area contributed by atoms with Crippen LogP contribution in [0.5, 0.6) is 0 Å². The van der Waals surface area contributed by atoms with Crippen LogP contribution < -0.4 is 16.0 Å². The second-order valence-corrected chi connectivity index (χ2v) is 8.46. The van der Waals surface area contributed by atoms with E-state index in [1.54, 1.807) is 0 Å². The number of carbonyl (C=O) groups is 1. The average molecular weight is 379 g/mol. The van der Waals surface area contributed by atoms with Crippen LogP contribution >= 0.6 is 11.3 Å². The molecule has 1 saturated heterocycles. The molecule has 5 nitrogen and oxygen atoms in total. The zero-order valence-corrected chi connectivity index (χ0v) is 16.1. The summed E-state index contributed by atoms with van der Waals surface area (Å²) in [6.07, 6.45) is 2.35. The first-order valence-corrected chi connectivity index (χ1v) is 10.3. The van der Waals surface area contributed by atoms with Crippen LogP contribution in [0.1, 0.15) is 52.7 Å². The highest BCUT2D eigenvalue weighted by Gasteiger charge is 2.33. The van der Waals surface area contributed by atoms with Crippen LogP contribution in [-0.2, 0) is 0 Å². The van der Waals surface area contributed by atoms with Crippen molar-refractivity contribution in [2.45, 2.75) is 31.7 Å². The molecule has 6 rings (SSSR count). The number of anilines is 2.